The summed E-state index contributed by atoms with van der Waals surface area (Å²) in [5.74, 6) is 3.17. The van der Waals surface area contributed by atoms with Crippen molar-refractivity contribution in [1.29, 1.82) is 0 Å². The summed E-state index contributed by atoms with van der Waals surface area (Å²) in [5.41, 5.74) is 0.185. The van der Waals surface area contributed by atoms with Gasteiger partial charge in [-0.15, -0.1) is 0 Å². The fraction of sp³-hybridized carbons (Fsp3) is 0.545. The maximum atomic E-state index is 13.2. The van der Waals surface area contributed by atoms with Crippen molar-refractivity contribution in [3.63, 3.8) is 0 Å². The van der Waals surface area contributed by atoms with Crippen LogP contribution in [0, 0.1) is 23.2 Å². The maximum Gasteiger partial charge on any atom is 0.241 e. The first-order valence-corrected chi connectivity index (χ1v) is 11.5. The molecule has 2 aromatic rings. The molecule has 0 unspecified atom stereocenters. The van der Waals surface area contributed by atoms with Gasteiger partial charge in [-0.3, -0.25) is 0 Å². The third kappa shape index (κ3) is 2.95. The molecular weight excluding hydrogens is 358 g/mol. The molecule has 0 heterocycles. The summed E-state index contributed by atoms with van der Waals surface area (Å²) in [7, 11) is -1.95. The molecule has 4 saturated carbocycles. The topological polar surface area (TPSA) is 55.4 Å². The van der Waals surface area contributed by atoms with Gasteiger partial charge in [0, 0.05) is 17.3 Å². The Morgan fingerprint density at radius 2 is 1.56 bits per heavy atom. The lowest BCUT2D eigenvalue weighted by molar-refractivity contribution is -0.0487. The minimum absolute atomic E-state index is 0.185. The number of hydrogen-bond acceptors (Lipinski definition) is 3. The Balaban J connectivity index is 1.44. The van der Waals surface area contributed by atoms with E-state index in [-0.39, 0.29) is 5.41 Å². The first-order chi connectivity index (χ1) is 13.0. The van der Waals surface area contributed by atoms with Crippen LogP contribution in [0.4, 0.5) is 0 Å². The smallest absolute Gasteiger partial charge is 0.241 e. The van der Waals surface area contributed by atoms with Crippen molar-refractivity contribution in [3.8, 4) is 5.75 Å². The molecule has 4 aliphatic rings. The monoisotopic (exact) mass is 385 g/mol. The highest BCUT2D eigenvalue weighted by Crippen LogP contribution is 2.59. The van der Waals surface area contributed by atoms with E-state index in [0.717, 1.165) is 28.5 Å². The molecule has 0 aromatic heterocycles. The normalized spacial score (nSPS) is 32.1. The van der Waals surface area contributed by atoms with E-state index in [4.69, 9.17) is 4.74 Å². The minimum Gasteiger partial charge on any atom is -0.496 e. The quantitative estimate of drug-likeness (QED) is 0.833. The Labute approximate surface area is 161 Å². The molecule has 5 heteroatoms. The molecule has 0 saturated heterocycles. The molecule has 144 valence electrons. The van der Waals surface area contributed by atoms with Crippen LogP contribution in [0.1, 0.15) is 38.5 Å². The number of benzene rings is 2. The van der Waals surface area contributed by atoms with Crippen molar-refractivity contribution in [1.82, 2.24) is 4.72 Å². The molecule has 2 aromatic carbocycles. The number of rotatable bonds is 5. The zero-order valence-corrected chi connectivity index (χ0v) is 16.6. The van der Waals surface area contributed by atoms with E-state index in [1.165, 1.54) is 38.5 Å². The van der Waals surface area contributed by atoms with Gasteiger partial charge in [0.2, 0.25) is 10.0 Å². The molecule has 0 spiro atoms. The van der Waals surface area contributed by atoms with E-state index < -0.39 is 10.0 Å². The minimum atomic E-state index is -3.56. The molecule has 27 heavy (non-hydrogen) atoms. The van der Waals surface area contributed by atoms with Crippen LogP contribution in [0.5, 0.6) is 5.75 Å². The van der Waals surface area contributed by atoms with Gasteiger partial charge in [0.25, 0.3) is 0 Å². The molecule has 4 aliphatic carbocycles. The third-order valence-electron chi connectivity index (χ3n) is 7.16. The Hall–Kier alpha value is -1.59. The van der Waals surface area contributed by atoms with Crippen LogP contribution in [0.3, 0.4) is 0 Å². The van der Waals surface area contributed by atoms with E-state index in [9.17, 15) is 8.42 Å². The largest absolute Gasteiger partial charge is 0.496 e. The predicted molar refractivity (Wildman–Crippen MR) is 106 cm³/mol. The zero-order chi connectivity index (χ0) is 18.6. The highest BCUT2D eigenvalue weighted by molar-refractivity contribution is 7.89. The van der Waals surface area contributed by atoms with Crippen molar-refractivity contribution in [3.05, 3.63) is 36.4 Å². The molecule has 4 nitrogen and oxygen atoms in total. The highest BCUT2D eigenvalue weighted by Gasteiger charge is 2.51. The molecule has 0 aliphatic heterocycles. The lowest BCUT2D eigenvalue weighted by atomic mass is 9.50. The van der Waals surface area contributed by atoms with Crippen molar-refractivity contribution in [2.75, 3.05) is 13.7 Å². The molecule has 4 fully saturated rings. The van der Waals surface area contributed by atoms with Crippen molar-refractivity contribution < 1.29 is 13.2 Å². The van der Waals surface area contributed by atoms with Crippen LogP contribution in [0.2, 0.25) is 0 Å². The average Bonchev–Trinajstić information content (AvgIpc) is 2.64. The second kappa shape index (κ2) is 6.21. The van der Waals surface area contributed by atoms with Gasteiger partial charge in [0.15, 0.2) is 0 Å². The van der Waals surface area contributed by atoms with Gasteiger partial charge >= 0.3 is 0 Å². The van der Waals surface area contributed by atoms with Crippen LogP contribution in [-0.2, 0) is 10.0 Å². The lowest BCUT2D eigenvalue weighted by Crippen LogP contribution is -2.51. The Morgan fingerprint density at radius 3 is 2.15 bits per heavy atom. The van der Waals surface area contributed by atoms with E-state index in [2.05, 4.69) is 4.72 Å². The highest BCUT2D eigenvalue weighted by atomic mass is 32.2. The molecule has 0 radical (unpaired) electrons. The zero-order valence-electron chi connectivity index (χ0n) is 15.8. The van der Waals surface area contributed by atoms with Gasteiger partial charge < -0.3 is 4.74 Å². The maximum absolute atomic E-state index is 13.2. The second-order valence-electron chi connectivity index (χ2n) is 9.05. The van der Waals surface area contributed by atoms with Crippen molar-refractivity contribution in [2.45, 2.75) is 43.4 Å². The number of hydrogen-bond donors (Lipinski definition) is 1. The number of fused-ring (bicyclic) bond motifs is 1. The van der Waals surface area contributed by atoms with Crippen LogP contribution in [-0.4, -0.2) is 22.1 Å². The molecule has 1 N–H and O–H groups in total. The number of ether oxygens (including phenoxy) is 1. The summed E-state index contributed by atoms with van der Waals surface area (Å²) in [6.07, 6.45) is 7.71. The summed E-state index contributed by atoms with van der Waals surface area (Å²) in [6, 6.07) is 11.0. The number of nitrogens with one attached hydrogen (secondary N) is 1. The second-order valence-corrected chi connectivity index (χ2v) is 10.8. The molecule has 6 rings (SSSR count). The van der Waals surface area contributed by atoms with Crippen molar-refractivity contribution >= 4 is 20.8 Å². The first-order valence-electron chi connectivity index (χ1n) is 10.0. The summed E-state index contributed by atoms with van der Waals surface area (Å²) in [4.78, 5) is 0.351. The summed E-state index contributed by atoms with van der Waals surface area (Å²) in [6.45, 7) is 0.583. The van der Waals surface area contributed by atoms with E-state index >= 15 is 0 Å². The fourth-order valence-electron chi connectivity index (χ4n) is 6.49. The van der Waals surface area contributed by atoms with Crippen LogP contribution in [0.15, 0.2) is 41.3 Å². The van der Waals surface area contributed by atoms with Crippen LogP contribution in [0.25, 0.3) is 10.8 Å². The summed E-state index contributed by atoms with van der Waals surface area (Å²) >= 11 is 0. The van der Waals surface area contributed by atoms with Gasteiger partial charge in [-0.1, -0.05) is 24.3 Å². The van der Waals surface area contributed by atoms with E-state index in [0.29, 0.717) is 17.2 Å². The van der Waals surface area contributed by atoms with Gasteiger partial charge in [-0.05, 0) is 73.8 Å². The van der Waals surface area contributed by atoms with Gasteiger partial charge in [-0.25, -0.2) is 13.1 Å². The van der Waals surface area contributed by atoms with Crippen molar-refractivity contribution in [2.24, 2.45) is 23.2 Å². The molecule has 4 bridgehead atoms. The fourth-order valence-corrected chi connectivity index (χ4v) is 7.85. The summed E-state index contributed by atoms with van der Waals surface area (Å²) < 4.78 is 34.8. The third-order valence-corrected chi connectivity index (χ3v) is 8.62. The van der Waals surface area contributed by atoms with Crippen LogP contribution < -0.4 is 9.46 Å². The Morgan fingerprint density at radius 1 is 0.963 bits per heavy atom. The van der Waals surface area contributed by atoms with Gasteiger partial charge in [-0.2, -0.15) is 0 Å². The molecular formula is C22H27NO3S. The summed E-state index contributed by atoms with van der Waals surface area (Å²) in [5, 5.41) is 1.55. The number of sulfonamides is 1. The molecule has 0 amide bonds. The predicted octanol–water partition coefficient (Wildman–Crippen LogP) is 4.34. The Kier molecular flexibility index (Phi) is 4.03. The first kappa shape index (κ1) is 17.5. The lowest BCUT2D eigenvalue weighted by Gasteiger charge is -2.56. The van der Waals surface area contributed by atoms with Gasteiger partial charge in [0.1, 0.15) is 5.75 Å². The Bertz CT molecular complexity index is 947. The SMILES string of the molecule is COc1ccc(S(=O)(=O)NCC23CC4CC(CC(C4)C2)C3)c2ccccc12. The standard InChI is InChI=1S/C22H27NO3S/c1-26-20-6-7-21(19-5-3-2-4-18(19)20)27(24,25)23-14-22-11-15-8-16(12-22)10-17(9-15)13-22/h2-7,15-17,23H,8-14H2,1H3. The average molecular weight is 386 g/mol. The van der Waals surface area contributed by atoms with Crippen LogP contribution >= 0.6 is 0 Å². The molecule has 0 atom stereocenters. The van der Waals surface area contributed by atoms with Gasteiger partial charge in [0.05, 0.1) is 12.0 Å². The number of methoxy groups -OCH3 is 1. The van der Waals surface area contributed by atoms with E-state index in [1.54, 1.807) is 19.2 Å². The van der Waals surface area contributed by atoms with E-state index in [1.807, 2.05) is 24.3 Å².